The summed E-state index contributed by atoms with van der Waals surface area (Å²) in [5, 5.41) is 3.02. The lowest BCUT2D eigenvalue weighted by atomic mass is 9.65. The Labute approximate surface area is 155 Å². The van der Waals surface area contributed by atoms with Crippen molar-refractivity contribution in [1.82, 2.24) is 5.32 Å². The van der Waals surface area contributed by atoms with E-state index < -0.39 is 0 Å². The number of halogens is 2. The van der Waals surface area contributed by atoms with E-state index in [-0.39, 0.29) is 42.2 Å². The molecule has 140 valence electrons. The summed E-state index contributed by atoms with van der Waals surface area (Å²) in [6.45, 7) is 0.402. The van der Waals surface area contributed by atoms with Crippen LogP contribution in [0.4, 0.5) is 4.39 Å². The lowest BCUT2D eigenvalue weighted by molar-refractivity contribution is -0.128. The fourth-order valence-corrected chi connectivity index (χ4v) is 4.36. The fraction of sp³-hybridized carbons (Fsp3) is 0.632. The summed E-state index contributed by atoms with van der Waals surface area (Å²) >= 11 is 0. The van der Waals surface area contributed by atoms with Gasteiger partial charge in [0.05, 0.1) is 6.10 Å². The monoisotopic (exact) mass is 370 g/mol. The Morgan fingerprint density at radius 1 is 1.28 bits per heavy atom. The molecule has 0 radical (unpaired) electrons. The molecule has 2 bridgehead atoms. The minimum absolute atomic E-state index is 0. The maximum absolute atomic E-state index is 13.0. The third-order valence-electron chi connectivity index (χ3n) is 5.77. The van der Waals surface area contributed by atoms with Crippen LogP contribution < -0.4 is 11.1 Å². The molecule has 0 saturated heterocycles. The summed E-state index contributed by atoms with van der Waals surface area (Å²) < 4.78 is 18.5. The van der Waals surface area contributed by atoms with Crippen LogP contribution in [0.15, 0.2) is 24.3 Å². The molecule has 1 aromatic rings. The molecule has 6 heteroatoms. The molecule has 1 amide bonds. The molecule has 25 heavy (non-hydrogen) atoms. The van der Waals surface area contributed by atoms with Crippen molar-refractivity contribution >= 4 is 18.3 Å². The van der Waals surface area contributed by atoms with Gasteiger partial charge in [-0.3, -0.25) is 4.79 Å². The van der Waals surface area contributed by atoms with E-state index in [4.69, 9.17) is 10.5 Å². The number of rotatable bonds is 5. The van der Waals surface area contributed by atoms with E-state index in [2.05, 4.69) is 5.32 Å². The van der Waals surface area contributed by atoms with E-state index in [1.54, 1.807) is 19.2 Å². The third-order valence-corrected chi connectivity index (χ3v) is 5.77. The molecule has 3 rings (SSSR count). The van der Waals surface area contributed by atoms with Crippen molar-refractivity contribution in [2.24, 2.45) is 23.5 Å². The van der Waals surface area contributed by atoms with Gasteiger partial charge in [-0.05, 0) is 55.2 Å². The average Bonchev–Trinajstić information content (AvgIpc) is 2.56. The van der Waals surface area contributed by atoms with E-state index >= 15 is 0 Å². The van der Waals surface area contributed by atoms with E-state index in [0.29, 0.717) is 18.4 Å². The van der Waals surface area contributed by atoms with Crippen molar-refractivity contribution in [1.29, 1.82) is 0 Å². The summed E-state index contributed by atoms with van der Waals surface area (Å²) in [5.74, 6) is 0.864. The molecular formula is C19H28ClFN2O2. The van der Waals surface area contributed by atoms with Crippen LogP contribution in [-0.2, 0) is 9.53 Å². The molecule has 3 atom stereocenters. The SMILES string of the molecule is COC(CNC(=O)C1CC2CCCC(C1)C2N)c1ccc(F)cc1.Cl. The fourth-order valence-electron chi connectivity index (χ4n) is 4.36. The van der Waals surface area contributed by atoms with E-state index in [0.717, 1.165) is 31.2 Å². The Hall–Kier alpha value is -1.17. The summed E-state index contributed by atoms with van der Waals surface area (Å²) in [6.07, 6.45) is 5.08. The lowest BCUT2D eigenvalue weighted by Crippen LogP contribution is -2.49. The zero-order valence-electron chi connectivity index (χ0n) is 14.6. The molecule has 0 aromatic heterocycles. The molecule has 2 fully saturated rings. The number of carbonyl (C=O) groups is 1. The summed E-state index contributed by atoms with van der Waals surface area (Å²) in [4.78, 5) is 12.6. The summed E-state index contributed by atoms with van der Waals surface area (Å²) in [5.41, 5.74) is 7.16. The van der Waals surface area contributed by atoms with Crippen molar-refractivity contribution in [2.75, 3.05) is 13.7 Å². The highest BCUT2D eigenvalue weighted by Gasteiger charge is 2.40. The largest absolute Gasteiger partial charge is 0.375 e. The van der Waals surface area contributed by atoms with Gasteiger partial charge in [-0.1, -0.05) is 18.6 Å². The first-order chi connectivity index (χ1) is 11.6. The second-order valence-corrected chi connectivity index (χ2v) is 7.22. The van der Waals surface area contributed by atoms with E-state index in [1.807, 2.05) is 0 Å². The van der Waals surface area contributed by atoms with Crippen LogP contribution in [0.25, 0.3) is 0 Å². The van der Waals surface area contributed by atoms with Gasteiger partial charge in [0.25, 0.3) is 0 Å². The maximum Gasteiger partial charge on any atom is 0.223 e. The third kappa shape index (κ3) is 4.72. The van der Waals surface area contributed by atoms with Crippen LogP contribution >= 0.6 is 12.4 Å². The number of carbonyl (C=O) groups excluding carboxylic acids is 1. The number of methoxy groups -OCH3 is 1. The lowest BCUT2D eigenvalue weighted by Gasteiger charge is -2.43. The van der Waals surface area contributed by atoms with E-state index in [9.17, 15) is 9.18 Å². The molecular weight excluding hydrogens is 343 g/mol. The first kappa shape index (κ1) is 20.1. The predicted octanol–water partition coefficient (Wildman–Crippen LogP) is 3.20. The van der Waals surface area contributed by atoms with Crippen LogP contribution in [0.2, 0.25) is 0 Å². The maximum atomic E-state index is 13.0. The van der Waals surface area contributed by atoms with Crippen LogP contribution in [0.5, 0.6) is 0 Å². The van der Waals surface area contributed by atoms with Crippen LogP contribution in [0, 0.1) is 23.6 Å². The molecule has 0 heterocycles. The van der Waals surface area contributed by atoms with Gasteiger partial charge in [-0.2, -0.15) is 0 Å². The quantitative estimate of drug-likeness (QED) is 0.836. The highest BCUT2D eigenvalue weighted by atomic mass is 35.5. The van der Waals surface area contributed by atoms with Gasteiger partial charge in [0, 0.05) is 25.6 Å². The smallest absolute Gasteiger partial charge is 0.223 e. The summed E-state index contributed by atoms with van der Waals surface area (Å²) in [7, 11) is 1.60. The molecule has 2 aliphatic rings. The molecule has 4 nitrogen and oxygen atoms in total. The van der Waals surface area contributed by atoms with Gasteiger partial charge in [-0.25, -0.2) is 4.39 Å². The van der Waals surface area contributed by atoms with Crippen molar-refractivity contribution in [3.05, 3.63) is 35.6 Å². The van der Waals surface area contributed by atoms with Crippen LogP contribution in [0.1, 0.15) is 43.8 Å². The predicted molar refractivity (Wildman–Crippen MR) is 97.9 cm³/mol. The number of benzene rings is 1. The second-order valence-electron chi connectivity index (χ2n) is 7.22. The standard InChI is InChI=1S/C19H27FN2O2.ClH/c1-24-17(12-5-7-16(20)8-6-12)11-22-19(23)15-9-13-3-2-4-14(10-15)18(13)21;/h5-8,13-15,17-18H,2-4,9-11,21H2,1H3,(H,22,23);1H. The molecule has 3 unspecified atom stereocenters. The zero-order chi connectivity index (χ0) is 17.1. The average molecular weight is 371 g/mol. The number of fused-ring (bicyclic) bond motifs is 2. The molecule has 2 aliphatic carbocycles. The van der Waals surface area contributed by atoms with E-state index in [1.165, 1.54) is 18.6 Å². The van der Waals surface area contributed by atoms with Gasteiger partial charge in [0.15, 0.2) is 0 Å². The molecule has 1 aromatic carbocycles. The minimum atomic E-state index is -0.275. The number of nitrogens with two attached hydrogens (primary N) is 1. The Balaban J connectivity index is 0.00000225. The Kier molecular flexibility index (Phi) is 7.23. The first-order valence-corrected chi connectivity index (χ1v) is 8.90. The Morgan fingerprint density at radius 2 is 1.88 bits per heavy atom. The van der Waals surface area contributed by atoms with Crippen molar-refractivity contribution in [3.8, 4) is 0 Å². The topological polar surface area (TPSA) is 64.3 Å². The van der Waals surface area contributed by atoms with Gasteiger partial charge in [0.2, 0.25) is 5.91 Å². The highest BCUT2D eigenvalue weighted by Crippen LogP contribution is 2.41. The number of hydrogen-bond acceptors (Lipinski definition) is 3. The minimum Gasteiger partial charge on any atom is -0.375 e. The number of amides is 1. The second kappa shape index (κ2) is 8.97. The van der Waals surface area contributed by atoms with Gasteiger partial charge in [0.1, 0.15) is 5.82 Å². The number of hydrogen-bond donors (Lipinski definition) is 2. The van der Waals surface area contributed by atoms with Crippen molar-refractivity contribution < 1.29 is 13.9 Å². The molecule has 2 saturated carbocycles. The number of ether oxygens (including phenoxy) is 1. The Morgan fingerprint density at radius 3 is 2.44 bits per heavy atom. The van der Waals surface area contributed by atoms with Gasteiger partial charge < -0.3 is 15.8 Å². The highest BCUT2D eigenvalue weighted by molar-refractivity contribution is 5.85. The molecule has 0 spiro atoms. The number of nitrogens with one attached hydrogen (secondary N) is 1. The normalized spacial score (nSPS) is 29.4. The summed E-state index contributed by atoms with van der Waals surface area (Å²) in [6, 6.07) is 6.48. The van der Waals surface area contributed by atoms with Gasteiger partial charge >= 0.3 is 0 Å². The van der Waals surface area contributed by atoms with Crippen LogP contribution in [0.3, 0.4) is 0 Å². The van der Waals surface area contributed by atoms with Crippen molar-refractivity contribution in [2.45, 2.75) is 44.2 Å². The first-order valence-electron chi connectivity index (χ1n) is 8.90. The molecule has 3 N–H and O–H groups in total. The van der Waals surface area contributed by atoms with Crippen molar-refractivity contribution in [3.63, 3.8) is 0 Å². The zero-order valence-corrected chi connectivity index (χ0v) is 15.4. The van der Waals surface area contributed by atoms with Crippen LogP contribution in [-0.4, -0.2) is 25.6 Å². The Bertz CT molecular complexity index is 555. The molecule has 0 aliphatic heterocycles. The van der Waals surface area contributed by atoms with Gasteiger partial charge in [-0.15, -0.1) is 12.4 Å².